The normalized spacial score (nSPS) is 13.1. The van der Waals surface area contributed by atoms with Crippen molar-refractivity contribution in [1.82, 2.24) is 4.90 Å². The highest BCUT2D eigenvalue weighted by Crippen LogP contribution is 2.29. The average molecular weight is 534 g/mol. The van der Waals surface area contributed by atoms with Crippen molar-refractivity contribution >= 4 is 17.4 Å². The van der Waals surface area contributed by atoms with E-state index in [1.165, 1.54) is 43.2 Å². The monoisotopic (exact) mass is 533 g/mol. The Kier molecular flexibility index (Phi) is 9.66. The molecule has 0 aliphatic heterocycles. The van der Waals surface area contributed by atoms with Gasteiger partial charge in [0.15, 0.2) is 0 Å². The lowest BCUT2D eigenvalue weighted by molar-refractivity contribution is -0.141. The first-order valence-corrected chi connectivity index (χ1v) is 12.4. The van der Waals surface area contributed by atoms with Crippen molar-refractivity contribution in [3.05, 3.63) is 126 Å². The Labute approximate surface area is 226 Å². The number of likely N-dealkylation sites (N-methyl/N-ethyl adjacent to an activating group) is 1. The van der Waals surface area contributed by atoms with Crippen molar-refractivity contribution in [1.29, 1.82) is 0 Å². The molecule has 39 heavy (non-hydrogen) atoms. The zero-order valence-corrected chi connectivity index (χ0v) is 21.8. The molecule has 4 nitrogen and oxygen atoms in total. The molecule has 0 unspecified atom stereocenters. The molecule has 0 saturated carbocycles. The molecule has 3 rings (SSSR count). The smallest absolute Gasteiger partial charge is 0.412 e. The van der Waals surface area contributed by atoms with Gasteiger partial charge in [0.05, 0.1) is 0 Å². The van der Waals surface area contributed by atoms with Crippen molar-refractivity contribution in [2.24, 2.45) is 0 Å². The minimum atomic E-state index is -4.41. The summed E-state index contributed by atoms with van der Waals surface area (Å²) in [6, 6.07) is 22.5. The molecule has 0 fully saturated rings. The third-order valence-corrected chi connectivity index (χ3v) is 6.46. The Bertz CT molecular complexity index is 1360. The highest BCUT2D eigenvalue weighted by molar-refractivity contribution is 5.97. The first-order chi connectivity index (χ1) is 18.5. The Balaban J connectivity index is 1.76. The molecule has 1 N–H and O–H groups in total. The van der Waals surface area contributed by atoms with Crippen LogP contribution in [0.3, 0.4) is 0 Å². The summed E-state index contributed by atoms with van der Waals surface area (Å²) in [4.78, 5) is 26.4. The van der Waals surface area contributed by atoms with Gasteiger partial charge < -0.3 is 10.0 Å². The fourth-order valence-corrected chi connectivity index (χ4v) is 4.11. The summed E-state index contributed by atoms with van der Waals surface area (Å²) in [5, 5.41) is 9.87. The Hall–Kier alpha value is -4.39. The Morgan fingerprint density at radius 3 is 1.97 bits per heavy atom. The first-order valence-electron chi connectivity index (χ1n) is 12.4. The Morgan fingerprint density at radius 2 is 1.46 bits per heavy atom. The third kappa shape index (κ3) is 7.57. The Morgan fingerprint density at radius 1 is 0.897 bits per heavy atom. The van der Waals surface area contributed by atoms with E-state index in [-0.39, 0.29) is 18.4 Å². The van der Waals surface area contributed by atoms with Crippen molar-refractivity contribution in [3.63, 3.8) is 0 Å². The average Bonchev–Trinajstić information content (AvgIpc) is 2.93. The number of carbonyl (C=O) groups excluding carboxylic acids is 1. The second-order valence-electron chi connectivity index (χ2n) is 8.98. The SMILES string of the molecule is C=C/C(=C\C=C(/CC)C(F)(F)F)c1ccc(C(=O)N(C)[C@@H](Cc2ccc(-c3ccccc3)cc2)C(=O)O)cc1. The lowest BCUT2D eigenvalue weighted by atomic mass is 9.99. The van der Waals surface area contributed by atoms with Gasteiger partial charge in [-0.15, -0.1) is 0 Å². The zero-order valence-electron chi connectivity index (χ0n) is 21.8. The second-order valence-corrected chi connectivity index (χ2v) is 8.98. The largest absolute Gasteiger partial charge is 0.480 e. The van der Waals surface area contributed by atoms with Gasteiger partial charge >= 0.3 is 12.1 Å². The number of benzene rings is 3. The maximum atomic E-state index is 13.1. The van der Waals surface area contributed by atoms with Gasteiger partial charge in [0.25, 0.3) is 5.91 Å². The van der Waals surface area contributed by atoms with E-state index in [9.17, 15) is 27.9 Å². The van der Waals surface area contributed by atoms with Crippen LogP contribution in [0, 0.1) is 0 Å². The number of hydrogen-bond acceptors (Lipinski definition) is 2. The zero-order chi connectivity index (χ0) is 28.6. The number of carboxylic acid groups (broad SMARTS) is 1. The van der Waals surface area contributed by atoms with E-state index in [1.54, 1.807) is 12.1 Å². The van der Waals surface area contributed by atoms with Crippen molar-refractivity contribution in [2.75, 3.05) is 7.05 Å². The van der Waals surface area contributed by atoms with Gasteiger partial charge in [-0.1, -0.05) is 98.5 Å². The molecule has 3 aromatic rings. The number of allylic oxidation sites excluding steroid dienone is 5. The summed E-state index contributed by atoms with van der Waals surface area (Å²) in [7, 11) is 1.44. The van der Waals surface area contributed by atoms with Crippen LogP contribution in [0.5, 0.6) is 0 Å². The molecular weight excluding hydrogens is 503 g/mol. The predicted molar refractivity (Wildman–Crippen MR) is 148 cm³/mol. The van der Waals surface area contributed by atoms with Crippen LogP contribution in [0.2, 0.25) is 0 Å². The van der Waals surface area contributed by atoms with E-state index in [4.69, 9.17) is 0 Å². The van der Waals surface area contributed by atoms with E-state index in [0.29, 0.717) is 11.1 Å². The molecular formula is C32H30F3NO3. The van der Waals surface area contributed by atoms with Gasteiger partial charge in [-0.05, 0) is 46.4 Å². The molecule has 202 valence electrons. The molecule has 0 bridgehead atoms. The first kappa shape index (κ1) is 29.2. The van der Waals surface area contributed by atoms with E-state index >= 15 is 0 Å². The highest BCUT2D eigenvalue weighted by atomic mass is 19.4. The third-order valence-electron chi connectivity index (χ3n) is 6.46. The molecule has 1 atom stereocenters. The summed E-state index contributed by atoms with van der Waals surface area (Å²) < 4.78 is 39.1. The summed E-state index contributed by atoms with van der Waals surface area (Å²) >= 11 is 0. The molecule has 3 aromatic carbocycles. The predicted octanol–water partition coefficient (Wildman–Crippen LogP) is 7.59. The lowest BCUT2D eigenvalue weighted by Gasteiger charge is -2.25. The van der Waals surface area contributed by atoms with Gasteiger partial charge in [0.1, 0.15) is 6.04 Å². The van der Waals surface area contributed by atoms with Gasteiger partial charge in [0.2, 0.25) is 0 Å². The molecule has 7 heteroatoms. The summed E-state index contributed by atoms with van der Waals surface area (Å²) in [6.45, 7) is 5.11. The van der Waals surface area contributed by atoms with Crippen molar-refractivity contribution in [2.45, 2.75) is 32.0 Å². The van der Waals surface area contributed by atoms with Crippen LogP contribution in [0.25, 0.3) is 16.7 Å². The van der Waals surface area contributed by atoms with Gasteiger partial charge in [0, 0.05) is 24.6 Å². The quantitative estimate of drug-likeness (QED) is 0.273. The molecule has 0 aromatic heterocycles. The maximum Gasteiger partial charge on any atom is 0.412 e. The van der Waals surface area contributed by atoms with Crippen molar-refractivity contribution < 1.29 is 27.9 Å². The fraction of sp³-hybridized carbons (Fsp3) is 0.188. The minimum absolute atomic E-state index is 0.124. The fourth-order valence-electron chi connectivity index (χ4n) is 4.11. The van der Waals surface area contributed by atoms with E-state index < -0.39 is 29.7 Å². The number of alkyl halides is 3. The number of nitrogens with zero attached hydrogens (tertiary/aromatic N) is 1. The van der Waals surface area contributed by atoms with Gasteiger partial charge in [-0.25, -0.2) is 4.79 Å². The van der Waals surface area contributed by atoms with Crippen LogP contribution < -0.4 is 0 Å². The molecule has 0 spiro atoms. The molecule has 0 aliphatic carbocycles. The van der Waals surface area contributed by atoms with Crippen LogP contribution in [0.4, 0.5) is 13.2 Å². The number of carbonyl (C=O) groups is 2. The van der Waals surface area contributed by atoms with Crippen LogP contribution in [0.1, 0.15) is 34.8 Å². The number of halogens is 3. The standard InChI is InChI=1S/C32H30F3NO3/c1-4-23(19-20-28(5-2)32(33,34)35)25-15-17-27(18-16-25)30(37)36(3)29(31(38)39)21-22-11-13-26(14-12-22)24-9-7-6-8-10-24/h4,6-20,29H,1,5,21H2,2-3H3,(H,38,39)/b23-19+,28-20+/t29-/m0/s1. The number of amides is 1. The summed E-state index contributed by atoms with van der Waals surface area (Å²) in [6.07, 6.45) is -0.652. The highest BCUT2D eigenvalue weighted by Gasteiger charge is 2.31. The number of rotatable bonds is 10. The van der Waals surface area contributed by atoms with Crippen LogP contribution in [0.15, 0.2) is 109 Å². The number of carboxylic acids is 1. The second kappa shape index (κ2) is 12.9. The van der Waals surface area contributed by atoms with Gasteiger partial charge in [-0.3, -0.25) is 4.79 Å². The minimum Gasteiger partial charge on any atom is -0.480 e. The molecule has 0 heterocycles. The van der Waals surface area contributed by atoms with E-state index in [0.717, 1.165) is 22.8 Å². The maximum absolute atomic E-state index is 13.1. The molecule has 1 amide bonds. The molecule has 0 aliphatic rings. The summed E-state index contributed by atoms with van der Waals surface area (Å²) in [5.41, 5.74) is 3.46. The van der Waals surface area contributed by atoms with E-state index in [1.807, 2.05) is 54.6 Å². The van der Waals surface area contributed by atoms with Crippen LogP contribution in [-0.2, 0) is 11.2 Å². The van der Waals surface area contributed by atoms with E-state index in [2.05, 4.69) is 6.58 Å². The van der Waals surface area contributed by atoms with Crippen molar-refractivity contribution in [3.8, 4) is 11.1 Å². The van der Waals surface area contributed by atoms with Crippen LogP contribution >= 0.6 is 0 Å². The molecule has 0 radical (unpaired) electrons. The topological polar surface area (TPSA) is 57.6 Å². The number of aliphatic carboxylic acids is 1. The number of hydrogen-bond donors (Lipinski definition) is 1. The summed E-state index contributed by atoms with van der Waals surface area (Å²) in [5.74, 6) is -1.61. The van der Waals surface area contributed by atoms with Crippen LogP contribution in [-0.4, -0.2) is 41.1 Å². The van der Waals surface area contributed by atoms with Gasteiger partial charge in [-0.2, -0.15) is 13.2 Å². The molecule has 0 saturated heterocycles. The lowest BCUT2D eigenvalue weighted by Crippen LogP contribution is -2.43.